The normalized spacial score (nSPS) is 33.6. The van der Waals surface area contributed by atoms with E-state index < -0.39 is 0 Å². The van der Waals surface area contributed by atoms with Crippen LogP contribution in [0.4, 0.5) is 5.69 Å². The maximum absolute atomic E-state index is 6.28. The van der Waals surface area contributed by atoms with Gasteiger partial charge in [-0.05, 0) is 86.7 Å². The molecule has 2 fully saturated rings. The van der Waals surface area contributed by atoms with Gasteiger partial charge >= 0.3 is 0 Å². The fourth-order valence-electron chi connectivity index (χ4n) is 5.78. The Kier molecular flexibility index (Phi) is 3.68. The Balaban J connectivity index is 1.25. The van der Waals surface area contributed by atoms with Crippen molar-refractivity contribution in [1.29, 1.82) is 0 Å². The molecular weight excluding hydrogens is 316 g/mol. The number of rotatable bonds is 2. The lowest BCUT2D eigenvalue weighted by atomic mass is 9.74. The van der Waals surface area contributed by atoms with E-state index in [2.05, 4.69) is 34.5 Å². The predicted molar refractivity (Wildman–Crippen MR) is 101 cm³/mol. The zero-order valence-electron chi connectivity index (χ0n) is 14.3. The van der Waals surface area contributed by atoms with E-state index in [1.165, 1.54) is 63.0 Å². The molecule has 5 rings (SSSR count). The number of likely N-dealkylation sites (tertiary alicyclic amines) is 1. The number of hydrogen-bond acceptors (Lipinski definition) is 2. The summed E-state index contributed by atoms with van der Waals surface area (Å²) in [6.07, 6.45) is 11.7. The monoisotopic (exact) mass is 342 g/mol. The van der Waals surface area contributed by atoms with E-state index in [9.17, 15) is 0 Å². The molecule has 2 heterocycles. The van der Waals surface area contributed by atoms with Gasteiger partial charge in [0.15, 0.2) is 0 Å². The first-order chi connectivity index (χ1) is 11.7. The first-order valence-electron chi connectivity index (χ1n) is 9.65. The summed E-state index contributed by atoms with van der Waals surface area (Å²) in [6.45, 7) is 4.91. The standard InChI is InChI=1S/C21H27ClN2/c22-18-4-5-20-19(12-18)21(14-23-20)6-8-24(9-7-21)13-17-11-15-2-1-3-16(17)10-15/h1-2,4-5,12,15-17,23H,3,6-11,13-14H2. The Labute approximate surface area is 150 Å². The fourth-order valence-corrected chi connectivity index (χ4v) is 5.96. The number of halogens is 1. The van der Waals surface area contributed by atoms with Crippen LogP contribution >= 0.6 is 11.6 Å². The molecule has 2 nitrogen and oxygen atoms in total. The predicted octanol–water partition coefficient (Wildman–Crippen LogP) is 4.70. The number of benzene rings is 1. The van der Waals surface area contributed by atoms with Gasteiger partial charge in [0.2, 0.25) is 0 Å². The van der Waals surface area contributed by atoms with Crippen molar-refractivity contribution in [3.8, 4) is 0 Å². The van der Waals surface area contributed by atoms with Crippen LogP contribution in [0.15, 0.2) is 30.4 Å². The van der Waals surface area contributed by atoms with E-state index in [4.69, 9.17) is 11.6 Å². The Bertz CT molecular complexity index is 660. The smallest absolute Gasteiger partial charge is 0.0410 e. The van der Waals surface area contributed by atoms with Crippen molar-refractivity contribution in [1.82, 2.24) is 4.90 Å². The maximum atomic E-state index is 6.28. The molecule has 1 saturated heterocycles. The zero-order valence-corrected chi connectivity index (χ0v) is 15.1. The third-order valence-electron chi connectivity index (χ3n) is 7.20. The van der Waals surface area contributed by atoms with Gasteiger partial charge < -0.3 is 10.2 Å². The molecule has 1 N–H and O–H groups in total. The summed E-state index contributed by atoms with van der Waals surface area (Å²) in [5.74, 6) is 2.78. The van der Waals surface area contributed by atoms with Gasteiger partial charge in [0.1, 0.15) is 0 Å². The molecule has 0 amide bonds. The number of fused-ring (bicyclic) bond motifs is 4. The van der Waals surface area contributed by atoms with Gasteiger partial charge in [-0.1, -0.05) is 23.8 Å². The molecule has 2 aliphatic heterocycles. The Morgan fingerprint density at radius 1 is 1.21 bits per heavy atom. The molecule has 3 atom stereocenters. The third kappa shape index (κ3) is 2.50. The number of nitrogens with one attached hydrogen (secondary N) is 1. The van der Waals surface area contributed by atoms with Crippen molar-refractivity contribution in [2.75, 3.05) is 31.5 Å². The van der Waals surface area contributed by atoms with Gasteiger partial charge in [0.05, 0.1) is 0 Å². The van der Waals surface area contributed by atoms with Gasteiger partial charge in [-0.2, -0.15) is 0 Å². The van der Waals surface area contributed by atoms with E-state index in [0.717, 1.165) is 29.3 Å². The molecule has 1 spiro atoms. The molecular formula is C21H27ClN2. The quantitative estimate of drug-likeness (QED) is 0.783. The second-order valence-corrected chi connectivity index (χ2v) is 8.98. The van der Waals surface area contributed by atoms with Gasteiger partial charge in [-0.15, -0.1) is 0 Å². The average molecular weight is 343 g/mol. The minimum Gasteiger partial charge on any atom is -0.384 e. The molecule has 1 aromatic carbocycles. The van der Waals surface area contributed by atoms with E-state index in [1.807, 2.05) is 6.07 Å². The zero-order chi connectivity index (χ0) is 16.1. The van der Waals surface area contributed by atoms with Gasteiger partial charge in [0, 0.05) is 29.2 Å². The van der Waals surface area contributed by atoms with E-state index in [-0.39, 0.29) is 0 Å². The highest BCUT2D eigenvalue weighted by atomic mass is 35.5. The van der Waals surface area contributed by atoms with E-state index in [1.54, 1.807) is 0 Å². The highest BCUT2D eigenvalue weighted by molar-refractivity contribution is 6.30. The topological polar surface area (TPSA) is 15.3 Å². The summed E-state index contributed by atoms with van der Waals surface area (Å²) in [6, 6.07) is 6.37. The van der Waals surface area contributed by atoms with Crippen molar-refractivity contribution < 1.29 is 0 Å². The molecule has 4 aliphatic rings. The van der Waals surface area contributed by atoms with Crippen LogP contribution in [-0.2, 0) is 5.41 Å². The Hall–Kier alpha value is -0.990. The van der Waals surface area contributed by atoms with Crippen molar-refractivity contribution in [2.24, 2.45) is 17.8 Å². The lowest BCUT2D eigenvalue weighted by molar-refractivity contribution is 0.136. The van der Waals surface area contributed by atoms with E-state index >= 15 is 0 Å². The molecule has 0 aromatic heterocycles. The SMILES string of the molecule is Clc1ccc2c(c1)C1(CCN(CC3CC4C=CCC3C4)CC1)CN2. The highest BCUT2D eigenvalue weighted by Crippen LogP contribution is 2.46. The van der Waals surface area contributed by atoms with Crippen molar-refractivity contribution in [2.45, 2.75) is 37.5 Å². The summed E-state index contributed by atoms with van der Waals surface area (Å²) in [4.78, 5) is 2.75. The van der Waals surface area contributed by atoms with Crippen LogP contribution in [-0.4, -0.2) is 31.1 Å². The van der Waals surface area contributed by atoms with Gasteiger partial charge in [-0.3, -0.25) is 0 Å². The molecule has 0 radical (unpaired) electrons. The maximum Gasteiger partial charge on any atom is 0.0410 e. The van der Waals surface area contributed by atoms with Crippen molar-refractivity contribution >= 4 is 17.3 Å². The van der Waals surface area contributed by atoms with Crippen LogP contribution in [0.5, 0.6) is 0 Å². The highest BCUT2D eigenvalue weighted by Gasteiger charge is 2.42. The summed E-state index contributed by atoms with van der Waals surface area (Å²) in [7, 11) is 0. The molecule has 1 aromatic rings. The number of anilines is 1. The molecule has 128 valence electrons. The second kappa shape index (κ2) is 5.78. The first kappa shape index (κ1) is 15.3. The molecule has 24 heavy (non-hydrogen) atoms. The summed E-state index contributed by atoms with van der Waals surface area (Å²) in [5.41, 5.74) is 3.10. The minimum atomic E-state index is 0.323. The lowest BCUT2D eigenvalue weighted by Crippen LogP contribution is -2.45. The summed E-state index contributed by atoms with van der Waals surface area (Å²) in [5, 5.41) is 4.50. The van der Waals surface area contributed by atoms with Crippen molar-refractivity contribution in [3.63, 3.8) is 0 Å². The second-order valence-electron chi connectivity index (χ2n) is 8.54. The van der Waals surface area contributed by atoms with E-state index in [0.29, 0.717) is 5.41 Å². The Morgan fingerprint density at radius 2 is 2.08 bits per heavy atom. The fraction of sp³-hybridized carbons (Fsp3) is 0.619. The number of piperidine rings is 1. The average Bonchev–Trinajstić information content (AvgIpc) is 3.08. The van der Waals surface area contributed by atoms with Crippen LogP contribution in [0.2, 0.25) is 5.02 Å². The molecule has 3 unspecified atom stereocenters. The Morgan fingerprint density at radius 3 is 2.92 bits per heavy atom. The molecule has 3 heteroatoms. The minimum absolute atomic E-state index is 0.323. The summed E-state index contributed by atoms with van der Waals surface area (Å²) >= 11 is 6.28. The van der Waals surface area contributed by atoms with Crippen molar-refractivity contribution in [3.05, 3.63) is 40.9 Å². The lowest BCUT2D eigenvalue weighted by Gasteiger charge is -2.40. The molecule has 2 bridgehead atoms. The number of allylic oxidation sites excluding steroid dienone is 2. The van der Waals surface area contributed by atoms with Crippen LogP contribution in [0.3, 0.4) is 0 Å². The largest absolute Gasteiger partial charge is 0.384 e. The number of hydrogen-bond donors (Lipinski definition) is 1. The summed E-state index contributed by atoms with van der Waals surface area (Å²) < 4.78 is 0. The van der Waals surface area contributed by atoms with Gasteiger partial charge in [0.25, 0.3) is 0 Å². The van der Waals surface area contributed by atoms with Crippen LogP contribution < -0.4 is 5.32 Å². The first-order valence-corrected chi connectivity index (χ1v) is 10.0. The molecule has 1 saturated carbocycles. The number of nitrogens with zero attached hydrogens (tertiary/aromatic N) is 1. The van der Waals surface area contributed by atoms with Crippen LogP contribution in [0.1, 0.15) is 37.7 Å². The third-order valence-corrected chi connectivity index (χ3v) is 7.44. The van der Waals surface area contributed by atoms with Gasteiger partial charge in [-0.25, -0.2) is 0 Å². The van der Waals surface area contributed by atoms with Crippen LogP contribution in [0.25, 0.3) is 0 Å². The van der Waals surface area contributed by atoms with Crippen LogP contribution in [0, 0.1) is 17.8 Å². The molecule has 2 aliphatic carbocycles.